The second-order valence-electron chi connectivity index (χ2n) is 6.97. The summed E-state index contributed by atoms with van der Waals surface area (Å²) in [5, 5.41) is 4.90. The highest BCUT2D eigenvalue weighted by atomic mass is 16.5. The summed E-state index contributed by atoms with van der Waals surface area (Å²) < 4.78 is 11.1. The molecule has 2 heterocycles. The fourth-order valence-electron chi connectivity index (χ4n) is 3.01. The van der Waals surface area contributed by atoms with Crippen LogP contribution in [-0.2, 0) is 13.2 Å². The summed E-state index contributed by atoms with van der Waals surface area (Å²) in [5.74, 6) is 0.993. The van der Waals surface area contributed by atoms with Gasteiger partial charge in [0.05, 0.1) is 5.52 Å². The maximum atomic E-state index is 12.6. The van der Waals surface area contributed by atoms with Crippen molar-refractivity contribution in [2.24, 2.45) is 0 Å². The second kappa shape index (κ2) is 8.14. The van der Waals surface area contributed by atoms with Gasteiger partial charge < -0.3 is 14.2 Å². The molecule has 1 amide bonds. The Morgan fingerprint density at radius 3 is 2.76 bits per heavy atom. The van der Waals surface area contributed by atoms with Gasteiger partial charge in [0.15, 0.2) is 11.5 Å². The zero-order chi connectivity index (χ0) is 20.2. The van der Waals surface area contributed by atoms with Gasteiger partial charge in [0.25, 0.3) is 5.91 Å². The van der Waals surface area contributed by atoms with Crippen LogP contribution in [0.3, 0.4) is 0 Å². The number of pyridine rings is 1. The minimum atomic E-state index is -0.197. The molecule has 146 valence electrons. The van der Waals surface area contributed by atoms with Gasteiger partial charge in [-0.25, -0.2) is 0 Å². The van der Waals surface area contributed by atoms with E-state index in [2.05, 4.69) is 10.1 Å². The van der Waals surface area contributed by atoms with E-state index in [-0.39, 0.29) is 18.2 Å². The van der Waals surface area contributed by atoms with Crippen LogP contribution in [0.1, 0.15) is 27.4 Å². The molecule has 0 N–H and O–H groups in total. The van der Waals surface area contributed by atoms with Crippen LogP contribution < -0.4 is 4.74 Å². The number of hydrogen-bond acceptors (Lipinski definition) is 5. The first kappa shape index (κ1) is 18.7. The maximum Gasteiger partial charge on any atom is 0.276 e. The number of hydrogen-bond donors (Lipinski definition) is 0. The Bertz CT molecular complexity index is 1140. The molecule has 4 rings (SSSR count). The normalized spacial score (nSPS) is 10.8. The number of rotatable bonds is 6. The van der Waals surface area contributed by atoms with Crippen LogP contribution in [0.2, 0.25) is 0 Å². The van der Waals surface area contributed by atoms with Crippen molar-refractivity contribution in [3.05, 3.63) is 89.4 Å². The second-order valence-corrected chi connectivity index (χ2v) is 6.97. The molecular formula is C23H21N3O3. The van der Waals surface area contributed by atoms with Gasteiger partial charge in [-0.05, 0) is 36.8 Å². The highest BCUT2D eigenvalue weighted by molar-refractivity contribution is 5.92. The van der Waals surface area contributed by atoms with E-state index in [0.29, 0.717) is 18.1 Å². The number of ether oxygens (including phenoxy) is 1. The van der Waals surface area contributed by atoms with Crippen molar-refractivity contribution in [2.75, 3.05) is 7.05 Å². The highest BCUT2D eigenvalue weighted by Gasteiger charge is 2.17. The first-order valence-electron chi connectivity index (χ1n) is 9.33. The lowest BCUT2D eigenvalue weighted by atomic mass is 10.1. The third-order valence-electron chi connectivity index (χ3n) is 4.62. The molecule has 6 heteroatoms. The Balaban J connectivity index is 1.37. The van der Waals surface area contributed by atoms with E-state index in [1.165, 1.54) is 5.56 Å². The molecule has 0 fully saturated rings. The number of amides is 1. The molecule has 0 radical (unpaired) electrons. The maximum absolute atomic E-state index is 12.6. The molecule has 4 aromatic rings. The fraction of sp³-hybridized carbons (Fsp3) is 0.174. The highest BCUT2D eigenvalue weighted by Crippen LogP contribution is 2.20. The Labute approximate surface area is 168 Å². The standard InChI is InChI=1S/C23H21N3O3/c1-16-5-7-17(8-6-16)14-26(2)23(27)22-13-20(29-25-22)15-28-19-9-10-21-18(12-19)4-3-11-24-21/h3-13H,14-15H2,1-2H3. The summed E-state index contributed by atoms with van der Waals surface area (Å²) in [6.45, 7) is 2.73. The monoisotopic (exact) mass is 387 g/mol. The van der Waals surface area contributed by atoms with Crippen LogP contribution in [0.25, 0.3) is 10.9 Å². The first-order chi connectivity index (χ1) is 14.1. The molecule has 0 saturated heterocycles. The number of carbonyl (C=O) groups is 1. The number of aryl methyl sites for hydroxylation is 1. The topological polar surface area (TPSA) is 68.5 Å². The minimum Gasteiger partial charge on any atom is -0.486 e. The molecular weight excluding hydrogens is 366 g/mol. The Kier molecular flexibility index (Phi) is 5.24. The molecule has 2 aromatic heterocycles. The number of nitrogens with zero attached hydrogens (tertiary/aromatic N) is 3. The van der Waals surface area contributed by atoms with Crippen LogP contribution in [0.5, 0.6) is 5.75 Å². The third-order valence-corrected chi connectivity index (χ3v) is 4.62. The van der Waals surface area contributed by atoms with Crippen molar-refractivity contribution in [1.29, 1.82) is 0 Å². The van der Waals surface area contributed by atoms with Gasteiger partial charge in [-0.15, -0.1) is 0 Å². The lowest BCUT2D eigenvalue weighted by Crippen LogP contribution is -2.26. The Morgan fingerprint density at radius 1 is 1.10 bits per heavy atom. The number of fused-ring (bicyclic) bond motifs is 1. The molecule has 0 aliphatic carbocycles. The molecule has 0 aliphatic heterocycles. The summed E-state index contributed by atoms with van der Waals surface area (Å²) in [6, 6.07) is 19.2. The van der Waals surface area contributed by atoms with Crippen LogP contribution in [-0.4, -0.2) is 28.0 Å². The molecule has 0 spiro atoms. The lowest BCUT2D eigenvalue weighted by Gasteiger charge is -2.15. The van der Waals surface area contributed by atoms with E-state index in [4.69, 9.17) is 9.26 Å². The van der Waals surface area contributed by atoms with E-state index >= 15 is 0 Å². The first-order valence-corrected chi connectivity index (χ1v) is 9.33. The van der Waals surface area contributed by atoms with Crippen molar-refractivity contribution < 1.29 is 14.1 Å². The van der Waals surface area contributed by atoms with Gasteiger partial charge >= 0.3 is 0 Å². The molecule has 0 bridgehead atoms. The van der Waals surface area contributed by atoms with E-state index in [0.717, 1.165) is 16.5 Å². The predicted octanol–water partition coefficient (Wildman–Crippen LogP) is 4.38. The molecule has 0 saturated carbocycles. The molecule has 6 nitrogen and oxygen atoms in total. The van der Waals surface area contributed by atoms with E-state index in [1.54, 1.807) is 24.2 Å². The van der Waals surface area contributed by atoms with Crippen LogP contribution in [0.15, 0.2) is 71.4 Å². The number of aromatic nitrogens is 2. The average Bonchev–Trinajstić information content (AvgIpc) is 3.22. The van der Waals surface area contributed by atoms with Crippen molar-refractivity contribution >= 4 is 16.8 Å². The molecule has 2 aromatic carbocycles. The summed E-state index contributed by atoms with van der Waals surface area (Å²) in [6.07, 6.45) is 1.76. The van der Waals surface area contributed by atoms with Gasteiger partial charge in [0.2, 0.25) is 0 Å². The largest absolute Gasteiger partial charge is 0.486 e. The molecule has 0 atom stereocenters. The van der Waals surface area contributed by atoms with Crippen molar-refractivity contribution in [3.63, 3.8) is 0 Å². The Morgan fingerprint density at radius 2 is 1.93 bits per heavy atom. The summed E-state index contributed by atoms with van der Waals surface area (Å²) in [4.78, 5) is 18.5. The van der Waals surface area contributed by atoms with Crippen molar-refractivity contribution in [3.8, 4) is 5.75 Å². The summed E-state index contributed by atoms with van der Waals surface area (Å²) in [5.41, 5.74) is 3.42. The predicted molar refractivity (Wildman–Crippen MR) is 110 cm³/mol. The van der Waals surface area contributed by atoms with Gasteiger partial charge in [0, 0.05) is 31.2 Å². The SMILES string of the molecule is Cc1ccc(CN(C)C(=O)c2cc(COc3ccc4ncccc4c3)on2)cc1. The summed E-state index contributed by atoms with van der Waals surface area (Å²) >= 11 is 0. The molecule has 0 aliphatic rings. The summed E-state index contributed by atoms with van der Waals surface area (Å²) in [7, 11) is 1.75. The smallest absolute Gasteiger partial charge is 0.276 e. The molecule has 29 heavy (non-hydrogen) atoms. The van der Waals surface area contributed by atoms with Gasteiger partial charge in [-0.3, -0.25) is 9.78 Å². The number of carbonyl (C=O) groups excluding carboxylic acids is 1. The van der Waals surface area contributed by atoms with Gasteiger partial charge in [-0.1, -0.05) is 41.1 Å². The van der Waals surface area contributed by atoms with Crippen molar-refractivity contribution in [2.45, 2.75) is 20.1 Å². The minimum absolute atomic E-state index is 0.188. The van der Waals surface area contributed by atoms with Gasteiger partial charge in [0.1, 0.15) is 12.4 Å². The molecule has 0 unspecified atom stereocenters. The van der Waals surface area contributed by atoms with Crippen LogP contribution in [0, 0.1) is 6.92 Å². The Hall–Kier alpha value is -3.67. The van der Waals surface area contributed by atoms with Crippen molar-refractivity contribution in [1.82, 2.24) is 15.0 Å². The quantitative estimate of drug-likeness (QED) is 0.491. The fourth-order valence-corrected chi connectivity index (χ4v) is 3.01. The lowest BCUT2D eigenvalue weighted by molar-refractivity contribution is 0.0774. The average molecular weight is 387 g/mol. The zero-order valence-corrected chi connectivity index (χ0v) is 16.3. The zero-order valence-electron chi connectivity index (χ0n) is 16.3. The van der Waals surface area contributed by atoms with E-state index < -0.39 is 0 Å². The van der Waals surface area contributed by atoms with Crippen LogP contribution in [0.4, 0.5) is 0 Å². The van der Waals surface area contributed by atoms with E-state index in [1.807, 2.05) is 61.5 Å². The number of benzene rings is 2. The van der Waals surface area contributed by atoms with Crippen LogP contribution >= 0.6 is 0 Å². The third kappa shape index (κ3) is 4.43. The van der Waals surface area contributed by atoms with Gasteiger partial charge in [-0.2, -0.15) is 0 Å². The van der Waals surface area contributed by atoms with E-state index in [9.17, 15) is 4.79 Å².